The molecule has 184 valence electrons. The number of benzene rings is 3. The van der Waals surface area contributed by atoms with Crippen molar-refractivity contribution in [3.8, 4) is 0 Å². The number of hydrogen-bond donors (Lipinski definition) is 2. The predicted molar refractivity (Wildman–Crippen MR) is 136 cm³/mol. The lowest BCUT2D eigenvalue weighted by Gasteiger charge is -2.36. The molecule has 0 bridgehead atoms. The van der Waals surface area contributed by atoms with Gasteiger partial charge in [-0.15, -0.1) is 0 Å². The van der Waals surface area contributed by atoms with Crippen LogP contribution in [0.25, 0.3) is 0 Å². The zero-order chi connectivity index (χ0) is 24.6. The van der Waals surface area contributed by atoms with Gasteiger partial charge in [0.15, 0.2) is 0 Å². The fourth-order valence-corrected chi connectivity index (χ4v) is 6.69. The second-order valence-electron chi connectivity index (χ2n) is 9.13. The maximum atomic E-state index is 13.7. The highest BCUT2D eigenvalue weighted by molar-refractivity contribution is 7.93. The fourth-order valence-electron chi connectivity index (χ4n) is 4.82. The number of piperidine rings is 1. The third-order valence-electron chi connectivity index (χ3n) is 6.77. The molecule has 0 aromatic heterocycles. The lowest BCUT2D eigenvalue weighted by atomic mass is 9.96. The Morgan fingerprint density at radius 2 is 1.74 bits per heavy atom. The van der Waals surface area contributed by atoms with Crippen molar-refractivity contribution in [1.82, 2.24) is 4.90 Å². The molecule has 0 unspecified atom stereocenters. The van der Waals surface area contributed by atoms with E-state index in [9.17, 15) is 17.9 Å². The Labute approximate surface area is 210 Å². The molecular weight excluding hydrogens is 489 g/mol. The molecule has 6 nitrogen and oxygen atoms in total. The molecule has 0 saturated carbocycles. The fraction of sp³-hybridized carbons (Fsp3) is 0.308. The number of sulfonamides is 1. The van der Waals surface area contributed by atoms with E-state index >= 15 is 0 Å². The van der Waals surface area contributed by atoms with Crippen molar-refractivity contribution in [2.45, 2.75) is 23.8 Å². The number of fused-ring (bicyclic) bond motifs is 2. The second-order valence-corrected chi connectivity index (χ2v) is 11.4. The van der Waals surface area contributed by atoms with Gasteiger partial charge < -0.3 is 15.3 Å². The molecule has 0 amide bonds. The van der Waals surface area contributed by atoms with Gasteiger partial charge in [-0.3, -0.25) is 4.31 Å². The third kappa shape index (κ3) is 5.02. The minimum absolute atomic E-state index is 0.154. The number of nitrogens with zero attached hydrogens (tertiary/aromatic N) is 2. The van der Waals surface area contributed by atoms with Gasteiger partial charge >= 0.3 is 0 Å². The van der Waals surface area contributed by atoms with E-state index in [0.29, 0.717) is 40.7 Å². The van der Waals surface area contributed by atoms with Gasteiger partial charge in [0.05, 0.1) is 23.2 Å². The first kappa shape index (κ1) is 24.1. The summed E-state index contributed by atoms with van der Waals surface area (Å²) in [5.74, 6) is -0.174. The summed E-state index contributed by atoms with van der Waals surface area (Å²) in [5.41, 5.74) is 2.47. The Morgan fingerprint density at radius 3 is 2.49 bits per heavy atom. The van der Waals surface area contributed by atoms with Crippen LogP contribution in [0, 0.1) is 11.7 Å². The van der Waals surface area contributed by atoms with Gasteiger partial charge in [-0.05, 0) is 79.9 Å². The summed E-state index contributed by atoms with van der Waals surface area (Å²) < 4.78 is 42.1. The Morgan fingerprint density at radius 1 is 1.03 bits per heavy atom. The normalized spacial score (nSPS) is 18.8. The second kappa shape index (κ2) is 9.78. The van der Waals surface area contributed by atoms with Crippen molar-refractivity contribution in [2.24, 2.45) is 5.92 Å². The molecule has 5 rings (SSSR count). The molecule has 0 aliphatic carbocycles. The largest absolute Gasteiger partial charge is 0.387 e. The number of halogens is 2. The van der Waals surface area contributed by atoms with Crippen molar-refractivity contribution in [3.05, 3.63) is 83.1 Å². The van der Waals surface area contributed by atoms with Crippen molar-refractivity contribution >= 4 is 38.7 Å². The van der Waals surface area contributed by atoms with Crippen LogP contribution in [0.5, 0.6) is 0 Å². The van der Waals surface area contributed by atoms with Crippen LogP contribution in [0.2, 0.25) is 5.02 Å². The first-order valence-corrected chi connectivity index (χ1v) is 13.5. The summed E-state index contributed by atoms with van der Waals surface area (Å²) in [4.78, 5) is 2.41. The van der Waals surface area contributed by atoms with E-state index < -0.39 is 16.1 Å². The number of rotatable bonds is 5. The number of aliphatic hydroxyl groups is 1. The van der Waals surface area contributed by atoms with E-state index in [2.05, 4.69) is 10.2 Å². The highest BCUT2D eigenvalue weighted by atomic mass is 35.5. The predicted octanol–water partition coefficient (Wildman–Crippen LogP) is 5.18. The Balaban J connectivity index is 1.32. The average Bonchev–Trinajstić information content (AvgIpc) is 2.93. The van der Waals surface area contributed by atoms with Crippen molar-refractivity contribution < 1.29 is 17.9 Å². The monoisotopic (exact) mass is 515 g/mol. The maximum absolute atomic E-state index is 13.7. The highest BCUT2D eigenvalue weighted by Crippen LogP contribution is 2.41. The van der Waals surface area contributed by atoms with Crippen molar-refractivity contribution in [2.75, 3.05) is 35.8 Å². The minimum Gasteiger partial charge on any atom is -0.387 e. The number of para-hydroxylation sites is 1. The Bertz CT molecular complexity index is 1310. The lowest BCUT2D eigenvalue weighted by molar-refractivity contribution is 0.0904. The van der Waals surface area contributed by atoms with Crippen molar-refractivity contribution in [1.29, 1.82) is 0 Å². The molecule has 9 heteroatoms. The van der Waals surface area contributed by atoms with Crippen LogP contribution in [-0.2, 0) is 10.0 Å². The van der Waals surface area contributed by atoms with E-state index in [1.165, 1.54) is 16.4 Å². The maximum Gasteiger partial charge on any atom is 0.266 e. The number of β-amino-alcohol motifs (C(OH)–C–C–N with tert-alkyl or cyclic N) is 1. The Hall–Kier alpha value is -2.65. The molecule has 0 spiro atoms. The van der Waals surface area contributed by atoms with Gasteiger partial charge in [-0.25, -0.2) is 12.8 Å². The summed E-state index contributed by atoms with van der Waals surface area (Å²) in [5, 5.41) is 14.3. The highest BCUT2D eigenvalue weighted by Gasteiger charge is 2.35. The number of hydrogen-bond acceptors (Lipinski definition) is 5. The van der Waals surface area contributed by atoms with Crippen LogP contribution in [0.4, 0.5) is 21.5 Å². The average molecular weight is 516 g/mol. The molecule has 35 heavy (non-hydrogen) atoms. The van der Waals surface area contributed by atoms with Gasteiger partial charge in [0.1, 0.15) is 10.7 Å². The summed E-state index contributed by atoms with van der Waals surface area (Å²) >= 11 is 6.27. The first-order valence-electron chi connectivity index (χ1n) is 11.7. The van der Waals surface area contributed by atoms with Gasteiger partial charge in [-0.2, -0.15) is 0 Å². The SMILES string of the molecule is O=S1(=O)c2ccccc2Nc2ccc(Cl)cc2N1CC1CCN(C[C@H](O)c2ccc(F)cc2)CC1. The summed E-state index contributed by atoms with van der Waals surface area (Å²) in [6, 6.07) is 18.1. The molecule has 2 aliphatic rings. The van der Waals surface area contributed by atoms with Crippen molar-refractivity contribution in [3.63, 3.8) is 0 Å². The molecule has 2 aliphatic heterocycles. The van der Waals surface area contributed by atoms with Gasteiger partial charge in [0, 0.05) is 18.1 Å². The van der Waals surface area contributed by atoms with E-state index in [1.807, 2.05) is 12.1 Å². The van der Waals surface area contributed by atoms with Crippen LogP contribution in [-0.4, -0.2) is 44.6 Å². The molecule has 2 N–H and O–H groups in total. The van der Waals surface area contributed by atoms with Gasteiger partial charge in [0.25, 0.3) is 10.0 Å². The standard InChI is InChI=1S/C26H27ClFN3O3S/c27-20-7-10-22-24(15-20)31(35(33,34)26-4-2-1-3-23(26)29-22)16-18-11-13-30(14-12-18)17-25(32)19-5-8-21(28)9-6-19/h1-10,15,18,25,29,32H,11-14,16-17H2/t25-/m0/s1. The molecule has 1 saturated heterocycles. The van der Waals surface area contributed by atoms with Crippen LogP contribution in [0.1, 0.15) is 24.5 Å². The van der Waals surface area contributed by atoms with Gasteiger partial charge in [-0.1, -0.05) is 35.9 Å². The van der Waals surface area contributed by atoms with Crippen LogP contribution in [0.15, 0.2) is 71.6 Å². The molecule has 1 fully saturated rings. The van der Waals surface area contributed by atoms with Crippen LogP contribution >= 0.6 is 11.6 Å². The van der Waals surface area contributed by atoms with E-state index in [1.54, 1.807) is 42.5 Å². The van der Waals surface area contributed by atoms with E-state index in [4.69, 9.17) is 11.6 Å². The van der Waals surface area contributed by atoms with E-state index in [-0.39, 0.29) is 16.6 Å². The molecule has 2 heterocycles. The minimum atomic E-state index is -3.79. The topological polar surface area (TPSA) is 72.9 Å². The number of nitrogens with one attached hydrogen (secondary N) is 1. The molecule has 0 radical (unpaired) electrons. The number of likely N-dealkylation sites (tertiary alicyclic amines) is 1. The lowest BCUT2D eigenvalue weighted by Crippen LogP contribution is -2.42. The zero-order valence-electron chi connectivity index (χ0n) is 19.1. The molecule has 3 aromatic rings. The number of anilines is 3. The quantitative estimate of drug-likeness (QED) is 0.490. The smallest absolute Gasteiger partial charge is 0.266 e. The molecular formula is C26H27ClFN3O3S. The first-order chi connectivity index (χ1) is 16.8. The summed E-state index contributed by atoms with van der Waals surface area (Å²) in [7, 11) is -3.79. The summed E-state index contributed by atoms with van der Waals surface area (Å²) in [6.07, 6.45) is 0.898. The Kier molecular flexibility index (Phi) is 6.72. The van der Waals surface area contributed by atoms with E-state index in [0.717, 1.165) is 25.9 Å². The third-order valence-corrected chi connectivity index (χ3v) is 8.84. The zero-order valence-corrected chi connectivity index (χ0v) is 20.6. The summed E-state index contributed by atoms with van der Waals surface area (Å²) in [6.45, 7) is 2.29. The van der Waals surface area contributed by atoms with Crippen LogP contribution in [0.3, 0.4) is 0 Å². The number of aliphatic hydroxyl groups excluding tert-OH is 1. The molecule has 1 atom stereocenters. The molecule has 3 aromatic carbocycles. The van der Waals surface area contributed by atoms with Gasteiger partial charge in [0.2, 0.25) is 0 Å². The van der Waals surface area contributed by atoms with Crippen LogP contribution < -0.4 is 9.62 Å².